The van der Waals surface area contributed by atoms with E-state index in [4.69, 9.17) is 0 Å². The third-order valence-corrected chi connectivity index (χ3v) is 4.34. The molecule has 0 fully saturated rings. The van der Waals surface area contributed by atoms with Crippen molar-refractivity contribution in [1.82, 2.24) is 10.0 Å². The van der Waals surface area contributed by atoms with Crippen LogP contribution in [0.5, 0.6) is 0 Å². The maximum atomic E-state index is 12.1. The first kappa shape index (κ1) is 16.7. The Morgan fingerprint density at radius 2 is 1.85 bits per heavy atom. The molecule has 0 aliphatic rings. The molecule has 112 valence electrons. The number of rotatable bonds is 6. The zero-order valence-corrected chi connectivity index (χ0v) is 13.2. The van der Waals surface area contributed by atoms with Crippen LogP contribution < -0.4 is 10.0 Å². The SMILES string of the molecule is Cc1ccc(S(=O)(=O)NCCC(=O)NC(C)C)cc1C. The molecule has 0 atom stereocenters. The summed E-state index contributed by atoms with van der Waals surface area (Å²) in [7, 11) is -3.55. The number of aryl methyl sites for hydroxylation is 2. The molecule has 0 radical (unpaired) electrons. The molecule has 1 aromatic rings. The fourth-order valence-electron chi connectivity index (χ4n) is 1.66. The molecule has 6 heteroatoms. The van der Waals surface area contributed by atoms with Crippen LogP contribution in [0.15, 0.2) is 23.1 Å². The Morgan fingerprint density at radius 3 is 2.40 bits per heavy atom. The average molecular weight is 298 g/mol. The van der Waals surface area contributed by atoms with Gasteiger partial charge in [0, 0.05) is 19.0 Å². The molecule has 1 amide bonds. The second-order valence-electron chi connectivity index (χ2n) is 5.12. The number of hydrogen-bond acceptors (Lipinski definition) is 3. The summed E-state index contributed by atoms with van der Waals surface area (Å²) in [5, 5.41) is 2.71. The lowest BCUT2D eigenvalue weighted by Gasteiger charge is -2.10. The van der Waals surface area contributed by atoms with E-state index in [1.54, 1.807) is 18.2 Å². The Balaban J connectivity index is 2.62. The van der Waals surface area contributed by atoms with E-state index in [0.717, 1.165) is 11.1 Å². The van der Waals surface area contributed by atoms with Crippen LogP contribution in [0.1, 0.15) is 31.4 Å². The Labute approximate surface area is 120 Å². The highest BCUT2D eigenvalue weighted by Crippen LogP contribution is 2.14. The molecule has 0 bridgehead atoms. The Hall–Kier alpha value is -1.40. The van der Waals surface area contributed by atoms with Crippen molar-refractivity contribution >= 4 is 15.9 Å². The number of amides is 1. The van der Waals surface area contributed by atoms with Crippen LogP contribution in [-0.4, -0.2) is 26.9 Å². The van der Waals surface area contributed by atoms with E-state index >= 15 is 0 Å². The van der Waals surface area contributed by atoms with Crippen molar-refractivity contribution in [3.8, 4) is 0 Å². The van der Waals surface area contributed by atoms with E-state index in [0.29, 0.717) is 0 Å². The molecule has 5 nitrogen and oxygen atoms in total. The summed E-state index contributed by atoms with van der Waals surface area (Å²) in [6, 6.07) is 5.03. The van der Waals surface area contributed by atoms with Gasteiger partial charge in [-0.15, -0.1) is 0 Å². The number of sulfonamides is 1. The molecule has 20 heavy (non-hydrogen) atoms. The third-order valence-electron chi connectivity index (χ3n) is 2.88. The maximum absolute atomic E-state index is 12.1. The Kier molecular flexibility index (Phi) is 5.71. The maximum Gasteiger partial charge on any atom is 0.240 e. The lowest BCUT2D eigenvalue weighted by Crippen LogP contribution is -2.34. The molecule has 2 N–H and O–H groups in total. The van der Waals surface area contributed by atoms with Crippen LogP contribution in [-0.2, 0) is 14.8 Å². The largest absolute Gasteiger partial charge is 0.354 e. The summed E-state index contributed by atoms with van der Waals surface area (Å²) in [4.78, 5) is 11.7. The van der Waals surface area contributed by atoms with Gasteiger partial charge in [-0.2, -0.15) is 0 Å². The minimum absolute atomic E-state index is 0.0545. The van der Waals surface area contributed by atoms with Crippen molar-refractivity contribution in [3.63, 3.8) is 0 Å². The van der Waals surface area contributed by atoms with Gasteiger partial charge in [0.2, 0.25) is 15.9 Å². The summed E-state index contributed by atoms with van der Waals surface area (Å²) in [5.74, 6) is -0.164. The molecular weight excluding hydrogens is 276 g/mol. The third kappa shape index (κ3) is 4.94. The first-order valence-electron chi connectivity index (χ1n) is 6.58. The van der Waals surface area contributed by atoms with Gasteiger partial charge in [0.15, 0.2) is 0 Å². The molecular formula is C14H22N2O3S. The lowest BCUT2D eigenvalue weighted by molar-refractivity contribution is -0.121. The predicted molar refractivity (Wildman–Crippen MR) is 79.0 cm³/mol. The molecule has 0 heterocycles. The molecule has 0 saturated carbocycles. The van der Waals surface area contributed by atoms with E-state index in [1.165, 1.54) is 0 Å². The van der Waals surface area contributed by atoms with Crippen molar-refractivity contribution in [1.29, 1.82) is 0 Å². The monoisotopic (exact) mass is 298 g/mol. The summed E-state index contributed by atoms with van der Waals surface area (Å²) in [6.45, 7) is 7.60. The number of nitrogens with one attached hydrogen (secondary N) is 2. The van der Waals surface area contributed by atoms with Crippen LogP contribution in [0.3, 0.4) is 0 Å². The predicted octanol–water partition coefficient (Wildman–Crippen LogP) is 1.50. The van der Waals surface area contributed by atoms with Crippen molar-refractivity contribution in [2.45, 2.75) is 45.1 Å². The first-order chi connectivity index (χ1) is 9.22. The molecule has 1 aromatic carbocycles. The Morgan fingerprint density at radius 1 is 1.20 bits per heavy atom. The van der Waals surface area contributed by atoms with Gasteiger partial charge in [-0.3, -0.25) is 4.79 Å². The second-order valence-corrected chi connectivity index (χ2v) is 6.88. The van der Waals surface area contributed by atoms with Crippen LogP contribution in [0, 0.1) is 13.8 Å². The standard InChI is InChI=1S/C14H22N2O3S/c1-10(2)16-14(17)7-8-15-20(18,19)13-6-5-11(3)12(4)9-13/h5-6,9-10,15H,7-8H2,1-4H3,(H,16,17). The number of hydrogen-bond donors (Lipinski definition) is 2. The minimum atomic E-state index is -3.55. The fraction of sp³-hybridized carbons (Fsp3) is 0.500. The van der Waals surface area contributed by atoms with E-state index in [2.05, 4.69) is 10.0 Å². The van der Waals surface area contributed by atoms with Gasteiger partial charge >= 0.3 is 0 Å². The zero-order chi connectivity index (χ0) is 15.3. The average Bonchev–Trinajstić information content (AvgIpc) is 2.31. The second kappa shape index (κ2) is 6.85. The number of benzene rings is 1. The van der Waals surface area contributed by atoms with E-state index in [1.807, 2.05) is 27.7 Å². The molecule has 0 aliphatic heterocycles. The van der Waals surface area contributed by atoms with Crippen molar-refractivity contribution in [2.75, 3.05) is 6.54 Å². The summed E-state index contributed by atoms with van der Waals surface area (Å²) >= 11 is 0. The fourth-order valence-corrected chi connectivity index (χ4v) is 2.77. The lowest BCUT2D eigenvalue weighted by atomic mass is 10.1. The van der Waals surface area contributed by atoms with Gasteiger partial charge in [0.05, 0.1) is 4.90 Å². The molecule has 0 aliphatic carbocycles. The van der Waals surface area contributed by atoms with Crippen LogP contribution >= 0.6 is 0 Å². The smallest absolute Gasteiger partial charge is 0.240 e. The van der Waals surface area contributed by atoms with Crippen LogP contribution in [0.4, 0.5) is 0 Å². The molecule has 1 rings (SSSR count). The van der Waals surface area contributed by atoms with Crippen LogP contribution in [0.25, 0.3) is 0 Å². The van der Waals surface area contributed by atoms with Gasteiger partial charge < -0.3 is 5.32 Å². The topological polar surface area (TPSA) is 75.3 Å². The van der Waals surface area contributed by atoms with Gasteiger partial charge in [-0.1, -0.05) is 6.07 Å². The molecule has 0 spiro atoms. The summed E-state index contributed by atoms with van der Waals surface area (Å²) < 4.78 is 26.6. The van der Waals surface area contributed by atoms with Gasteiger partial charge in [-0.25, -0.2) is 13.1 Å². The quantitative estimate of drug-likeness (QED) is 0.835. The zero-order valence-electron chi connectivity index (χ0n) is 12.4. The highest BCUT2D eigenvalue weighted by Gasteiger charge is 2.14. The summed E-state index contributed by atoms with van der Waals surface area (Å²) in [5.41, 5.74) is 1.96. The molecule has 0 saturated heterocycles. The highest BCUT2D eigenvalue weighted by molar-refractivity contribution is 7.89. The van der Waals surface area contributed by atoms with Crippen LogP contribution in [0.2, 0.25) is 0 Å². The normalized spacial score (nSPS) is 11.7. The highest BCUT2D eigenvalue weighted by atomic mass is 32.2. The minimum Gasteiger partial charge on any atom is -0.354 e. The summed E-state index contributed by atoms with van der Waals surface area (Å²) in [6.07, 6.45) is 0.127. The number of carbonyl (C=O) groups excluding carboxylic acids is 1. The van der Waals surface area contributed by atoms with Crippen molar-refractivity contribution in [2.24, 2.45) is 0 Å². The van der Waals surface area contributed by atoms with Gasteiger partial charge in [-0.05, 0) is 51.0 Å². The van der Waals surface area contributed by atoms with E-state index < -0.39 is 10.0 Å². The van der Waals surface area contributed by atoms with Gasteiger partial charge in [0.1, 0.15) is 0 Å². The molecule has 0 aromatic heterocycles. The van der Waals surface area contributed by atoms with E-state index in [9.17, 15) is 13.2 Å². The van der Waals surface area contributed by atoms with Crippen molar-refractivity contribution in [3.05, 3.63) is 29.3 Å². The Bertz CT molecular complexity index is 580. The first-order valence-corrected chi connectivity index (χ1v) is 8.07. The number of carbonyl (C=O) groups is 1. The molecule has 0 unspecified atom stereocenters. The van der Waals surface area contributed by atoms with E-state index in [-0.39, 0.29) is 29.8 Å². The van der Waals surface area contributed by atoms with Crippen molar-refractivity contribution < 1.29 is 13.2 Å². The van der Waals surface area contributed by atoms with Gasteiger partial charge in [0.25, 0.3) is 0 Å².